The number of nitrogens with one attached hydrogen (secondary N) is 1. The Bertz CT molecular complexity index is 248. The molecule has 1 aromatic rings. The van der Waals surface area contributed by atoms with E-state index < -0.39 is 0 Å². The Hall–Kier alpha value is -1.08. The van der Waals surface area contributed by atoms with Crippen molar-refractivity contribution in [3.8, 4) is 6.19 Å². The van der Waals surface area contributed by atoms with E-state index in [-0.39, 0.29) is 0 Å². The maximum Gasteiger partial charge on any atom is 0.176 e. The van der Waals surface area contributed by atoms with E-state index in [1.54, 1.807) is 17.5 Å². The van der Waals surface area contributed by atoms with Crippen molar-refractivity contribution in [3.05, 3.63) is 16.1 Å². The van der Waals surface area contributed by atoms with Gasteiger partial charge in [0, 0.05) is 11.1 Å². The zero-order chi connectivity index (χ0) is 7.40. The van der Waals surface area contributed by atoms with E-state index in [0.29, 0.717) is 6.54 Å². The summed E-state index contributed by atoms with van der Waals surface area (Å²) in [5.74, 6) is 0. The first-order chi connectivity index (χ1) is 4.83. The Morgan fingerprint density at radius 1 is 1.90 bits per heavy atom. The molecule has 1 aromatic heterocycles. The van der Waals surface area contributed by atoms with Crippen LogP contribution in [0.15, 0.2) is 6.20 Å². The lowest BCUT2D eigenvalue weighted by atomic mass is 10.6. The van der Waals surface area contributed by atoms with E-state index in [4.69, 9.17) is 5.26 Å². The first kappa shape index (κ1) is 7.03. The SMILES string of the molecule is Cc1cnc(CNC#N)s1. The highest BCUT2D eigenvalue weighted by Gasteiger charge is 1.95. The maximum atomic E-state index is 8.15. The summed E-state index contributed by atoms with van der Waals surface area (Å²) in [6, 6.07) is 0. The second-order valence-electron chi connectivity index (χ2n) is 1.83. The Morgan fingerprint density at radius 3 is 3.20 bits per heavy atom. The van der Waals surface area contributed by atoms with Crippen molar-refractivity contribution in [2.45, 2.75) is 13.5 Å². The topological polar surface area (TPSA) is 48.7 Å². The van der Waals surface area contributed by atoms with Crippen molar-refractivity contribution in [2.75, 3.05) is 0 Å². The Labute approximate surface area is 63.3 Å². The van der Waals surface area contributed by atoms with Gasteiger partial charge in [-0.25, -0.2) is 4.98 Å². The van der Waals surface area contributed by atoms with Crippen molar-refractivity contribution in [1.82, 2.24) is 10.3 Å². The molecular formula is C6H7N3S. The minimum Gasteiger partial charge on any atom is -0.317 e. The third-order valence-corrected chi connectivity index (χ3v) is 1.90. The highest BCUT2D eigenvalue weighted by molar-refractivity contribution is 7.11. The fraction of sp³-hybridized carbons (Fsp3) is 0.333. The van der Waals surface area contributed by atoms with Crippen molar-refractivity contribution in [3.63, 3.8) is 0 Å². The zero-order valence-electron chi connectivity index (χ0n) is 5.59. The highest BCUT2D eigenvalue weighted by atomic mass is 32.1. The van der Waals surface area contributed by atoms with Crippen LogP contribution in [0.4, 0.5) is 0 Å². The molecular weight excluding hydrogens is 146 g/mol. The molecule has 0 unspecified atom stereocenters. The van der Waals surface area contributed by atoms with Crippen LogP contribution >= 0.6 is 11.3 Å². The normalized spacial score (nSPS) is 8.80. The Balaban J connectivity index is 2.52. The summed E-state index contributed by atoms with van der Waals surface area (Å²) < 4.78 is 0. The molecule has 0 aliphatic rings. The summed E-state index contributed by atoms with van der Waals surface area (Å²) in [6.07, 6.45) is 3.65. The van der Waals surface area contributed by atoms with Crippen LogP contribution in [0.1, 0.15) is 9.88 Å². The Kier molecular flexibility index (Phi) is 2.24. The lowest BCUT2D eigenvalue weighted by Crippen LogP contribution is -2.03. The van der Waals surface area contributed by atoms with Crippen LogP contribution in [0.3, 0.4) is 0 Å². The fourth-order valence-electron chi connectivity index (χ4n) is 0.598. The Morgan fingerprint density at radius 2 is 2.70 bits per heavy atom. The van der Waals surface area contributed by atoms with Crippen molar-refractivity contribution in [2.24, 2.45) is 0 Å². The molecule has 0 aromatic carbocycles. The number of hydrogen-bond donors (Lipinski definition) is 1. The summed E-state index contributed by atoms with van der Waals surface area (Å²) in [5.41, 5.74) is 0. The van der Waals surface area contributed by atoms with Gasteiger partial charge >= 0.3 is 0 Å². The van der Waals surface area contributed by atoms with Gasteiger partial charge in [-0.1, -0.05) is 0 Å². The van der Waals surface area contributed by atoms with Gasteiger partial charge in [-0.15, -0.1) is 11.3 Å². The first-order valence-corrected chi connectivity index (χ1v) is 3.68. The molecule has 0 fully saturated rings. The number of thiazole rings is 1. The van der Waals surface area contributed by atoms with Crippen LogP contribution in [-0.2, 0) is 6.54 Å². The molecule has 52 valence electrons. The van der Waals surface area contributed by atoms with Crippen LogP contribution < -0.4 is 5.32 Å². The molecule has 0 amide bonds. The smallest absolute Gasteiger partial charge is 0.176 e. The monoisotopic (exact) mass is 153 g/mol. The van der Waals surface area contributed by atoms with Crippen molar-refractivity contribution in [1.29, 1.82) is 5.26 Å². The highest BCUT2D eigenvalue weighted by Crippen LogP contribution is 2.09. The van der Waals surface area contributed by atoms with E-state index in [1.165, 1.54) is 4.88 Å². The molecule has 0 bridgehead atoms. The van der Waals surface area contributed by atoms with Crippen molar-refractivity contribution < 1.29 is 0 Å². The number of nitrogens with zero attached hydrogens (tertiary/aromatic N) is 2. The van der Waals surface area contributed by atoms with Gasteiger partial charge in [0.15, 0.2) is 6.19 Å². The second-order valence-corrected chi connectivity index (χ2v) is 3.15. The largest absolute Gasteiger partial charge is 0.317 e. The number of aromatic nitrogens is 1. The maximum absolute atomic E-state index is 8.15. The molecule has 0 saturated carbocycles. The lowest BCUT2D eigenvalue weighted by molar-refractivity contribution is 0.873. The van der Waals surface area contributed by atoms with Gasteiger partial charge in [0.2, 0.25) is 0 Å². The average Bonchev–Trinajstić information content (AvgIpc) is 2.31. The summed E-state index contributed by atoms with van der Waals surface area (Å²) in [6.45, 7) is 2.54. The molecule has 1 heterocycles. The third kappa shape index (κ3) is 1.71. The van der Waals surface area contributed by atoms with Crippen LogP contribution in [0.5, 0.6) is 0 Å². The van der Waals surface area contributed by atoms with Gasteiger partial charge in [-0.3, -0.25) is 0 Å². The predicted molar refractivity (Wildman–Crippen MR) is 39.3 cm³/mol. The molecule has 0 aliphatic heterocycles. The summed E-state index contributed by atoms with van der Waals surface area (Å²) in [7, 11) is 0. The molecule has 10 heavy (non-hydrogen) atoms. The van der Waals surface area contributed by atoms with E-state index in [1.807, 2.05) is 13.1 Å². The first-order valence-electron chi connectivity index (χ1n) is 2.86. The number of hydrogen-bond acceptors (Lipinski definition) is 4. The third-order valence-electron chi connectivity index (χ3n) is 0.988. The molecule has 3 nitrogen and oxygen atoms in total. The van der Waals surface area contributed by atoms with Crippen LogP contribution in [0, 0.1) is 18.4 Å². The van der Waals surface area contributed by atoms with E-state index in [2.05, 4.69) is 10.3 Å². The lowest BCUT2D eigenvalue weighted by Gasteiger charge is -1.87. The van der Waals surface area contributed by atoms with Gasteiger partial charge in [0.05, 0.1) is 6.54 Å². The molecule has 0 radical (unpaired) electrons. The van der Waals surface area contributed by atoms with Gasteiger partial charge in [-0.2, -0.15) is 5.26 Å². The summed E-state index contributed by atoms with van der Waals surface area (Å²) in [4.78, 5) is 5.23. The minimum absolute atomic E-state index is 0.551. The zero-order valence-corrected chi connectivity index (χ0v) is 6.40. The molecule has 1 N–H and O–H groups in total. The fourth-order valence-corrected chi connectivity index (χ4v) is 1.33. The standard InChI is InChI=1S/C6H7N3S/c1-5-2-9-6(10-5)3-8-4-7/h2,8H,3H2,1H3. The molecule has 0 atom stereocenters. The number of aryl methyl sites for hydroxylation is 1. The van der Waals surface area contributed by atoms with Crippen LogP contribution in [0.2, 0.25) is 0 Å². The summed E-state index contributed by atoms with van der Waals surface area (Å²) in [5, 5.41) is 11.6. The van der Waals surface area contributed by atoms with Gasteiger partial charge in [0.1, 0.15) is 5.01 Å². The van der Waals surface area contributed by atoms with E-state index >= 15 is 0 Å². The predicted octanol–water partition coefficient (Wildman–Crippen LogP) is 1.02. The van der Waals surface area contributed by atoms with Gasteiger partial charge < -0.3 is 5.32 Å². The minimum atomic E-state index is 0.551. The van der Waals surface area contributed by atoms with Crippen LogP contribution in [0.25, 0.3) is 0 Å². The number of rotatable bonds is 2. The van der Waals surface area contributed by atoms with E-state index in [9.17, 15) is 0 Å². The van der Waals surface area contributed by atoms with Crippen LogP contribution in [-0.4, -0.2) is 4.98 Å². The molecule has 1 rings (SSSR count). The van der Waals surface area contributed by atoms with Crippen molar-refractivity contribution >= 4 is 11.3 Å². The molecule has 0 spiro atoms. The number of nitriles is 1. The van der Waals surface area contributed by atoms with Gasteiger partial charge in [-0.05, 0) is 6.92 Å². The molecule has 4 heteroatoms. The average molecular weight is 153 g/mol. The molecule has 0 saturated heterocycles. The van der Waals surface area contributed by atoms with Gasteiger partial charge in [0.25, 0.3) is 0 Å². The second kappa shape index (κ2) is 3.18. The molecule has 0 aliphatic carbocycles. The quantitative estimate of drug-likeness (QED) is 0.509. The van der Waals surface area contributed by atoms with E-state index in [0.717, 1.165) is 5.01 Å². The summed E-state index contributed by atoms with van der Waals surface area (Å²) >= 11 is 1.60.